The van der Waals surface area contributed by atoms with Crippen molar-refractivity contribution >= 4 is 5.78 Å². The van der Waals surface area contributed by atoms with Gasteiger partial charge in [-0.25, -0.2) is 8.78 Å². The lowest BCUT2D eigenvalue weighted by molar-refractivity contribution is -0.122. The molecule has 0 amide bonds. The van der Waals surface area contributed by atoms with Gasteiger partial charge >= 0.3 is 0 Å². The number of hydrogen-bond acceptors (Lipinski definition) is 2. The fourth-order valence-corrected chi connectivity index (χ4v) is 1.81. The van der Waals surface area contributed by atoms with Gasteiger partial charge in [-0.3, -0.25) is 4.79 Å². The van der Waals surface area contributed by atoms with E-state index in [1.165, 1.54) is 12.1 Å². The van der Waals surface area contributed by atoms with Gasteiger partial charge in [-0.15, -0.1) is 0 Å². The fraction of sp³-hybridized carbons (Fsp3) is 0.417. The van der Waals surface area contributed by atoms with E-state index in [-0.39, 0.29) is 23.7 Å². The lowest BCUT2D eigenvalue weighted by atomic mass is 9.97. The Labute approximate surface area is 92.2 Å². The zero-order valence-corrected chi connectivity index (χ0v) is 8.71. The van der Waals surface area contributed by atoms with E-state index in [0.717, 1.165) is 6.07 Å². The molecule has 1 heterocycles. The molecule has 0 radical (unpaired) electrons. The Hall–Kier alpha value is -1.29. The molecule has 0 aliphatic carbocycles. The standard InChI is InChI=1S/C12H12F2O2/c13-10-3-1-2-8(12(10)14)6-11(15)9-4-5-16-7-9/h1-3,9H,4-7H2. The molecular formula is C12H12F2O2. The molecule has 1 fully saturated rings. The highest BCUT2D eigenvalue weighted by Crippen LogP contribution is 2.18. The SMILES string of the molecule is O=C(Cc1cccc(F)c1F)C1CCOC1. The zero-order chi connectivity index (χ0) is 11.5. The molecule has 0 N–H and O–H groups in total. The summed E-state index contributed by atoms with van der Waals surface area (Å²) >= 11 is 0. The van der Waals surface area contributed by atoms with Crippen molar-refractivity contribution in [3.8, 4) is 0 Å². The smallest absolute Gasteiger partial charge is 0.162 e. The Kier molecular flexibility index (Phi) is 3.29. The van der Waals surface area contributed by atoms with Crippen molar-refractivity contribution in [3.63, 3.8) is 0 Å². The van der Waals surface area contributed by atoms with E-state index in [2.05, 4.69) is 0 Å². The highest BCUT2D eigenvalue weighted by Gasteiger charge is 2.24. The van der Waals surface area contributed by atoms with Crippen molar-refractivity contribution in [2.45, 2.75) is 12.8 Å². The van der Waals surface area contributed by atoms with Crippen LogP contribution >= 0.6 is 0 Å². The van der Waals surface area contributed by atoms with Crippen LogP contribution in [0.5, 0.6) is 0 Å². The Morgan fingerprint density at radius 1 is 1.44 bits per heavy atom. The second kappa shape index (κ2) is 4.70. The van der Waals surface area contributed by atoms with Crippen LogP contribution in [0.2, 0.25) is 0 Å². The molecule has 0 aromatic heterocycles. The molecule has 1 aromatic rings. The van der Waals surface area contributed by atoms with E-state index in [1.807, 2.05) is 0 Å². The summed E-state index contributed by atoms with van der Waals surface area (Å²) in [6.07, 6.45) is 0.618. The van der Waals surface area contributed by atoms with E-state index < -0.39 is 11.6 Å². The Bertz CT molecular complexity index is 398. The molecule has 86 valence electrons. The van der Waals surface area contributed by atoms with Crippen LogP contribution in [0.15, 0.2) is 18.2 Å². The van der Waals surface area contributed by atoms with Gasteiger partial charge in [0.25, 0.3) is 0 Å². The maximum Gasteiger partial charge on any atom is 0.162 e. The summed E-state index contributed by atoms with van der Waals surface area (Å²) in [6, 6.07) is 3.89. The molecule has 1 saturated heterocycles. The van der Waals surface area contributed by atoms with Gasteiger partial charge in [-0.2, -0.15) is 0 Å². The second-order valence-corrected chi connectivity index (χ2v) is 3.92. The van der Waals surface area contributed by atoms with Gasteiger partial charge in [0, 0.05) is 18.9 Å². The van der Waals surface area contributed by atoms with Crippen LogP contribution < -0.4 is 0 Å². The van der Waals surface area contributed by atoms with Gasteiger partial charge in [-0.05, 0) is 18.1 Å². The number of ether oxygens (including phenoxy) is 1. The third kappa shape index (κ3) is 2.27. The topological polar surface area (TPSA) is 26.3 Å². The molecule has 0 saturated carbocycles. The third-order valence-electron chi connectivity index (χ3n) is 2.78. The second-order valence-electron chi connectivity index (χ2n) is 3.92. The van der Waals surface area contributed by atoms with E-state index in [4.69, 9.17) is 4.74 Å². The van der Waals surface area contributed by atoms with Crippen LogP contribution in [0.3, 0.4) is 0 Å². The molecule has 1 aromatic carbocycles. The normalized spacial score (nSPS) is 20.0. The minimum Gasteiger partial charge on any atom is -0.381 e. The van der Waals surface area contributed by atoms with Crippen molar-refractivity contribution in [2.24, 2.45) is 5.92 Å². The van der Waals surface area contributed by atoms with Gasteiger partial charge in [-0.1, -0.05) is 12.1 Å². The van der Waals surface area contributed by atoms with Crippen LogP contribution in [-0.4, -0.2) is 19.0 Å². The molecule has 1 atom stereocenters. The first kappa shape index (κ1) is 11.2. The molecule has 1 aliphatic heterocycles. The minimum absolute atomic E-state index is 0.0579. The van der Waals surface area contributed by atoms with Crippen LogP contribution in [0.1, 0.15) is 12.0 Å². The number of ketones is 1. The van der Waals surface area contributed by atoms with Gasteiger partial charge in [0.05, 0.1) is 6.61 Å². The van der Waals surface area contributed by atoms with Crippen molar-refractivity contribution in [1.82, 2.24) is 0 Å². The highest BCUT2D eigenvalue weighted by molar-refractivity contribution is 5.83. The molecular weight excluding hydrogens is 214 g/mol. The quantitative estimate of drug-likeness (QED) is 0.789. The first-order chi connectivity index (χ1) is 7.68. The average molecular weight is 226 g/mol. The van der Waals surface area contributed by atoms with Crippen molar-refractivity contribution < 1.29 is 18.3 Å². The largest absolute Gasteiger partial charge is 0.381 e. The van der Waals surface area contributed by atoms with Crippen LogP contribution in [0.25, 0.3) is 0 Å². The predicted molar refractivity (Wildman–Crippen MR) is 54.0 cm³/mol. The summed E-state index contributed by atoms with van der Waals surface area (Å²) in [7, 11) is 0. The first-order valence-corrected chi connectivity index (χ1v) is 5.22. The summed E-state index contributed by atoms with van der Waals surface area (Å²) in [5.41, 5.74) is 0.122. The molecule has 2 rings (SSSR count). The van der Waals surface area contributed by atoms with E-state index in [9.17, 15) is 13.6 Å². The number of Topliss-reactive ketones (excluding diaryl/α,β-unsaturated/α-hetero) is 1. The number of rotatable bonds is 3. The summed E-state index contributed by atoms with van der Waals surface area (Å²) in [4.78, 5) is 11.7. The number of halogens is 2. The average Bonchev–Trinajstić information content (AvgIpc) is 2.78. The number of hydrogen-bond donors (Lipinski definition) is 0. The Balaban J connectivity index is 2.08. The summed E-state index contributed by atoms with van der Waals surface area (Å²) < 4.78 is 31.3. The van der Waals surface area contributed by atoms with Crippen LogP contribution in [-0.2, 0) is 16.0 Å². The van der Waals surface area contributed by atoms with Gasteiger partial charge in [0.2, 0.25) is 0 Å². The summed E-state index contributed by atoms with van der Waals surface area (Å²) in [6.45, 7) is 0.970. The van der Waals surface area contributed by atoms with Crippen LogP contribution in [0, 0.1) is 17.6 Å². The summed E-state index contributed by atoms with van der Waals surface area (Å²) in [5, 5.41) is 0. The monoisotopic (exact) mass is 226 g/mol. The maximum atomic E-state index is 13.3. The van der Waals surface area contributed by atoms with E-state index in [1.54, 1.807) is 0 Å². The Morgan fingerprint density at radius 2 is 2.25 bits per heavy atom. The van der Waals surface area contributed by atoms with Crippen molar-refractivity contribution in [2.75, 3.05) is 13.2 Å². The molecule has 4 heteroatoms. The lowest BCUT2D eigenvalue weighted by Crippen LogP contribution is -2.17. The van der Waals surface area contributed by atoms with E-state index >= 15 is 0 Å². The predicted octanol–water partition coefficient (Wildman–Crippen LogP) is 2.11. The van der Waals surface area contributed by atoms with E-state index in [0.29, 0.717) is 19.6 Å². The number of carbonyl (C=O) groups is 1. The highest BCUT2D eigenvalue weighted by atomic mass is 19.2. The van der Waals surface area contributed by atoms with Gasteiger partial charge in [0.1, 0.15) is 5.78 Å². The van der Waals surface area contributed by atoms with Crippen molar-refractivity contribution in [1.29, 1.82) is 0 Å². The third-order valence-corrected chi connectivity index (χ3v) is 2.78. The summed E-state index contributed by atoms with van der Waals surface area (Å²) in [5.74, 6) is -2.08. The molecule has 16 heavy (non-hydrogen) atoms. The maximum absolute atomic E-state index is 13.3. The molecule has 0 bridgehead atoms. The lowest BCUT2D eigenvalue weighted by Gasteiger charge is -2.07. The Morgan fingerprint density at radius 3 is 2.94 bits per heavy atom. The molecule has 0 spiro atoms. The zero-order valence-electron chi connectivity index (χ0n) is 8.71. The van der Waals surface area contributed by atoms with Crippen molar-refractivity contribution in [3.05, 3.63) is 35.4 Å². The van der Waals surface area contributed by atoms with Gasteiger partial charge < -0.3 is 4.74 Å². The van der Waals surface area contributed by atoms with Crippen LogP contribution in [0.4, 0.5) is 8.78 Å². The number of benzene rings is 1. The first-order valence-electron chi connectivity index (χ1n) is 5.22. The molecule has 1 unspecified atom stereocenters. The van der Waals surface area contributed by atoms with Gasteiger partial charge in [0.15, 0.2) is 11.6 Å². The fourth-order valence-electron chi connectivity index (χ4n) is 1.81. The minimum atomic E-state index is -0.922. The number of carbonyl (C=O) groups excluding carboxylic acids is 1. The molecule has 2 nitrogen and oxygen atoms in total. The molecule has 1 aliphatic rings.